The summed E-state index contributed by atoms with van der Waals surface area (Å²) in [6.45, 7) is 14.0. The molecule has 312 valence electrons. The first-order chi connectivity index (χ1) is 27.6. The van der Waals surface area contributed by atoms with Gasteiger partial charge in [-0.1, -0.05) is 69.8 Å². The number of halogens is 1. The second kappa shape index (κ2) is 16.0. The van der Waals surface area contributed by atoms with Crippen LogP contribution in [0, 0.1) is 11.2 Å². The van der Waals surface area contributed by atoms with E-state index in [1.54, 1.807) is 72.9 Å². The molecule has 3 N–H and O–H groups in total. The van der Waals surface area contributed by atoms with Gasteiger partial charge in [0.2, 0.25) is 11.8 Å². The molecule has 2 aliphatic rings. The number of likely N-dealkylation sites (tertiary alicyclic amines) is 1. The number of aromatic nitrogens is 1. The highest BCUT2D eigenvalue weighted by molar-refractivity contribution is 7.90. The molecule has 1 aliphatic carbocycles. The largest absolute Gasteiger partial charge is 0.497 e. The van der Waals surface area contributed by atoms with Gasteiger partial charge in [0, 0.05) is 35.9 Å². The van der Waals surface area contributed by atoms with E-state index in [9.17, 15) is 32.0 Å². The fourth-order valence-electron chi connectivity index (χ4n) is 6.88. The highest BCUT2D eigenvalue weighted by Crippen LogP contribution is 2.43. The van der Waals surface area contributed by atoms with Crippen molar-refractivity contribution in [2.75, 3.05) is 13.7 Å². The summed E-state index contributed by atoms with van der Waals surface area (Å²) in [4.78, 5) is 61.2. The SMILES string of the molecule is C=C1C[C@]1(NC(=O)[C@@H]1C[C@@H](Oc2cc(-c3ccccc3)nc3cc(OC)ccc23)CN1C(=O)C(NC(=O)OC(C)(C)C)C(C)(C)C)C(=O)NS(=O)(=O)c1ccccc1F. The minimum atomic E-state index is -4.69. The van der Waals surface area contributed by atoms with Crippen LogP contribution in [0.25, 0.3) is 22.2 Å². The first-order valence-electron chi connectivity index (χ1n) is 18.9. The molecule has 16 heteroatoms. The molecule has 1 unspecified atom stereocenters. The first-order valence-corrected chi connectivity index (χ1v) is 20.4. The van der Waals surface area contributed by atoms with E-state index in [0.29, 0.717) is 28.1 Å². The van der Waals surface area contributed by atoms with Gasteiger partial charge in [0.15, 0.2) is 0 Å². The summed E-state index contributed by atoms with van der Waals surface area (Å²) in [6.07, 6.45) is -1.83. The number of carbonyl (C=O) groups is 4. The second-order valence-electron chi connectivity index (χ2n) is 16.7. The molecular formula is C43H48FN5O9S. The number of nitrogens with zero attached hydrogens (tertiary/aromatic N) is 2. The van der Waals surface area contributed by atoms with Crippen LogP contribution in [0.1, 0.15) is 54.4 Å². The van der Waals surface area contributed by atoms with Gasteiger partial charge in [0.25, 0.3) is 15.9 Å². The number of nitrogens with one attached hydrogen (secondary N) is 3. The molecule has 0 radical (unpaired) electrons. The van der Waals surface area contributed by atoms with E-state index in [0.717, 1.165) is 17.7 Å². The van der Waals surface area contributed by atoms with Crippen molar-refractivity contribution in [2.24, 2.45) is 5.41 Å². The molecule has 0 bridgehead atoms. The third-order valence-electron chi connectivity index (χ3n) is 10.00. The molecule has 2 fully saturated rings. The van der Waals surface area contributed by atoms with Gasteiger partial charge in [-0.05, 0) is 56.0 Å². The Morgan fingerprint density at radius 3 is 2.24 bits per heavy atom. The summed E-state index contributed by atoms with van der Waals surface area (Å²) in [7, 11) is -3.15. The molecule has 4 amide bonds. The van der Waals surface area contributed by atoms with Crippen molar-refractivity contribution >= 4 is 44.7 Å². The number of alkyl carbamates (subject to hydrolysis) is 1. The van der Waals surface area contributed by atoms with E-state index >= 15 is 0 Å². The molecule has 2 heterocycles. The Hall–Kier alpha value is -6.03. The molecular weight excluding hydrogens is 782 g/mol. The Bertz CT molecular complexity index is 2430. The van der Waals surface area contributed by atoms with Crippen molar-refractivity contribution in [1.82, 2.24) is 25.2 Å². The van der Waals surface area contributed by atoms with E-state index in [2.05, 4.69) is 17.2 Å². The molecule has 1 saturated carbocycles. The van der Waals surface area contributed by atoms with Crippen LogP contribution in [0.2, 0.25) is 0 Å². The van der Waals surface area contributed by atoms with Crippen molar-refractivity contribution < 1.29 is 46.2 Å². The Morgan fingerprint density at radius 1 is 0.966 bits per heavy atom. The number of carbonyl (C=O) groups excluding carboxylic acids is 4. The monoisotopic (exact) mass is 829 g/mol. The summed E-state index contributed by atoms with van der Waals surface area (Å²) in [5.74, 6) is -2.66. The Labute approximate surface area is 342 Å². The standard InChI is InChI=1S/C43H48FN5O9S/c1-25-23-43(25,39(52)48-59(54,55)35-17-13-12-16-30(35)44)47-37(50)33-21-28(24-49(33)38(51)36(41(2,3)4)46-40(53)58-42(5,6)7)57-34-22-31(26-14-10-9-11-15-26)45-32-20-27(56-8)18-19-29(32)34/h9-20,22,28,33,36H,1,21,23-24H2,2-8H3,(H,46,53)(H,47,50)(H,48,52)/t28-,33+,36?,43-/m1/s1. The number of hydrogen-bond donors (Lipinski definition) is 3. The van der Waals surface area contributed by atoms with Crippen molar-refractivity contribution in [2.45, 2.75) is 88.6 Å². The molecule has 1 saturated heterocycles. The van der Waals surface area contributed by atoms with Gasteiger partial charge in [-0.2, -0.15) is 0 Å². The molecule has 1 aromatic heterocycles. The number of sulfonamides is 1. The van der Waals surface area contributed by atoms with Crippen LogP contribution in [0.4, 0.5) is 9.18 Å². The maximum Gasteiger partial charge on any atom is 0.408 e. The van der Waals surface area contributed by atoms with E-state index in [-0.39, 0.29) is 25.0 Å². The number of rotatable bonds is 11. The number of ether oxygens (including phenoxy) is 3. The molecule has 4 atom stereocenters. The second-order valence-corrected chi connectivity index (χ2v) is 18.4. The van der Waals surface area contributed by atoms with Gasteiger partial charge in [0.1, 0.15) is 51.5 Å². The molecule has 0 spiro atoms. The Balaban J connectivity index is 1.34. The topological polar surface area (TPSA) is 182 Å². The highest BCUT2D eigenvalue weighted by Gasteiger charge is 2.58. The van der Waals surface area contributed by atoms with E-state index < -0.39 is 79.3 Å². The molecule has 6 rings (SSSR count). The van der Waals surface area contributed by atoms with Crippen molar-refractivity contribution in [3.63, 3.8) is 0 Å². The zero-order chi connectivity index (χ0) is 43.1. The summed E-state index contributed by atoms with van der Waals surface area (Å²) in [6, 6.07) is 18.6. The third-order valence-corrected chi connectivity index (χ3v) is 11.4. The van der Waals surface area contributed by atoms with Gasteiger partial charge in [0.05, 0.1) is 24.9 Å². The third kappa shape index (κ3) is 9.32. The maximum absolute atomic E-state index is 14.7. The molecule has 14 nitrogen and oxygen atoms in total. The fraction of sp³-hybridized carbons (Fsp3) is 0.372. The van der Waals surface area contributed by atoms with Crippen LogP contribution in [0.3, 0.4) is 0 Å². The zero-order valence-corrected chi connectivity index (χ0v) is 34.7. The highest BCUT2D eigenvalue weighted by atomic mass is 32.2. The maximum atomic E-state index is 14.7. The first kappa shape index (κ1) is 42.6. The van der Waals surface area contributed by atoms with Crippen LogP contribution < -0.4 is 24.8 Å². The van der Waals surface area contributed by atoms with Gasteiger partial charge in [-0.3, -0.25) is 14.4 Å². The van der Waals surface area contributed by atoms with Gasteiger partial charge in [-0.15, -0.1) is 0 Å². The van der Waals surface area contributed by atoms with Gasteiger partial charge < -0.3 is 29.7 Å². The van der Waals surface area contributed by atoms with E-state index in [1.165, 1.54) is 17.0 Å². The van der Waals surface area contributed by atoms with Crippen molar-refractivity contribution in [1.29, 1.82) is 0 Å². The van der Waals surface area contributed by atoms with E-state index in [4.69, 9.17) is 19.2 Å². The zero-order valence-electron chi connectivity index (χ0n) is 33.9. The van der Waals surface area contributed by atoms with Crippen LogP contribution in [0.5, 0.6) is 11.5 Å². The fourth-order valence-corrected chi connectivity index (χ4v) is 7.99. The van der Waals surface area contributed by atoms with Gasteiger partial charge in [-0.25, -0.2) is 27.3 Å². The molecule has 1 aliphatic heterocycles. The number of fused-ring (bicyclic) bond motifs is 1. The van der Waals surface area contributed by atoms with Crippen molar-refractivity contribution in [3.8, 4) is 22.8 Å². The summed E-state index contributed by atoms with van der Waals surface area (Å²) >= 11 is 0. The summed E-state index contributed by atoms with van der Waals surface area (Å²) in [5.41, 5.74) is -1.45. The number of methoxy groups -OCH3 is 1. The lowest BCUT2D eigenvalue weighted by atomic mass is 9.85. The van der Waals surface area contributed by atoms with Crippen LogP contribution in [0.15, 0.2) is 95.9 Å². The average Bonchev–Trinajstić information content (AvgIpc) is 3.62. The predicted octanol–water partition coefficient (Wildman–Crippen LogP) is 5.66. The quantitative estimate of drug-likeness (QED) is 0.160. The Morgan fingerprint density at radius 2 is 1.63 bits per heavy atom. The Kier molecular flexibility index (Phi) is 11.5. The minimum Gasteiger partial charge on any atom is -0.497 e. The van der Waals surface area contributed by atoms with Crippen LogP contribution >= 0.6 is 0 Å². The lowest BCUT2D eigenvalue weighted by molar-refractivity contribution is -0.142. The molecule has 4 aromatic rings. The predicted molar refractivity (Wildman–Crippen MR) is 217 cm³/mol. The van der Waals surface area contributed by atoms with Crippen molar-refractivity contribution in [3.05, 3.63) is 96.8 Å². The number of hydrogen-bond acceptors (Lipinski definition) is 10. The van der Waals surface area contributed by atoms with Gasteiger partial charge >= 0.3 is 6.09 Å². The number of benzene rings is 3. The number of amides is 4. The minimum absolute atomic E-state index is 0.0702. The lowest BCUT2D eigenvalue weighted by Crippen LogP contribution is -2.60. The van der Waals surface area contributed by atoms with E-state index in [1.807, 2.05) is 35.1 Å². The normalized spacial score (nSPS) is 19.7. The molecule has 3 aromatic carbocycles. The smallest absolute Gasteiger partial charge is 0.408 e. The number of pyridine rings is 1. The summed E-state index contributed by atoms with van der Waals surface area (Å²) in [5, 5.41) is 5.97. The lowest BCUT2D eigenvalue weighted by Gasteiger charge is -2.36. The summed E-state index contributed by atoms with van der Waals surface area (Å²) < 4.78 is 60.1. The van der Waals surface area contributed by atoms with Crippen LogP contribution in [-0.4, -0.2) is 85.1 Å². The average molecular weight is 830 g/mol. The molecule has 59 heavy (non-hydrogen) atoms. The van der Waals surface area contributed by atoms with Crippen LogP contribution in [-0.2, 0) is 29.1 Å².